The molecular formula is C23H26BrN5O2. The molecule has 5 rings (SSSR count). The quantitative estimate of drug-likeness (QED) is 0.650. The maximum atomic E-state index is 12.2. The highest BCUT2D eigenvalue weighted by Gasteiger charge is 2.35. The molecule has 162 valence electrons. The van der Waals surface area contributed by atoms with Crippen molar-refractivity contribution in [3.63, 3.8) is 0 Å². The molecule has 1 amide bonds. The van der Waals surface area contributed by atoms with Crippen molar-refractivity contribution in [1.29, 1.82) is 5.26 Å². The predicted octanol–water partition coefficient (Wildman–Crippen LogP) is 3.71. The Kier molecular flexibility index (Phi) is 5.27. The first-order valence-electron chi connectivity index (χ1n) is 10.9. The summed E-state index contributed by atoms with van der Waals surface area (Å²) in [6.45, 7) is 7.46. The van der Waals surface area contributed by atoms with Crippen LogP contribution in [0.1, 0.15) is 48.7 Å². The highest BCUT2D eigenvalue weighted by atomic mass is 79.9. The fourth-order valence-corrected chi connectivity index (χ4v) is 5.56. The van der Waals surface area contributed by atoms with Crippen molar-refractivity contribution in [3.8, 4) is 6.07 Å². The molecule has 1 aromatic carbocycles. The normalized spacial score (nSPS) is 22.8. The Morgan fingerprint density at radius 1 is 1.39 bits per heavy atom. The Balaban J connectivity index is 1.65. The molecule has 0 radical (unpaired) electrons. The van der Waals surface area contributed by atoms with Crippen LogP contribution >= 0.6 is 15.9 Å². The molecule has 2 unspecified atom stereocenters. The predicted molar refractivity (Wildman–Crippen MR) is 120 cm³/mol. The molecule has 1 saturated heterocycles. The molecule has 2 aromatic rings. The van der Waals surface area contributed by atoms with Crippen LogP contribution < -0.4 is 4.90 Å². The SMILES string of the molecule is CC(=O)N1CCc2c(c(N3CC(C)Cc4cc(Br)c(C#N)cc43)nn2C2CCOC2)C1. The number of hydrogen-bond donors (Lipinski definition) is 0. The van der Waals surface area contributed by atoms with Gasteiger partial charge in [0.25, 0.3) is 0 Å². The van der Waals surface area contributed by atoms with E-state index in [2.05, 4.69) is 44.6 Å². The number of rotatable bonds is 2. The van der Waals surface area contributed by atoms with E-state index < -0.39 is 0 Å². The average Bonchev–Trinajstić information content (AvgIpc) is 3.40. The minimum atomic E-state index is 0.0941. The third-order valence-electron chi connectivity index (χ3n) is 6.66. The molecule has 3 aliphatic heterocycles. The minimum Gasteiger partial charge on any atom is -0.379 e. The Morgan fingerprint density at radius 2 is 2.23 bits per heavy atom. The van der Waals surface area contributed by atoms with Gasteiger partial charge in [0.05, 0.1) is 24.8 Å². The molecule has 3 aliphatic rings. The molecule has 0 spiro atoms. The van der Waals surface area contributed by atoms with Crippen LogP contribution in [0.15, 0.2) is 16.6 Å². The molecule has 8 heteroatoms. The molecule has 0 saturated carbocycles. The van der Waals surface area contributed by atoms with Crippen LogP contribution in [-0.4, -0.2) is 46.9 Å². The first kappa shape index (κ1) is 20.5. The average molecular weight is 484 g/mol. The van der Waals surface area contributed by atoms with E-state index in [1.165, 1.54) is 11.3 Å². The second-order valence-corrected chi connectivity index (χ2v) is 9.75. The van der Waals surface area contributed by atoms with Crippen molar-refractivity contribution < 1.29 is 9.53 Å². The van der Waals surface area contributed by atoms with E-state index in [1.54, 1.807) is 6.92 Å². The number of carbonyl (C=O) groups excluding carboxylic acids is 1. The van der Waals surface area contributed by atoms with Gasteiger partial charge in [-0.1, -0.05) is 6.92 Å². The van der Waals surface area contributed by atoms with Crippen molar-refractivity contribution >= 4 is 33.3 Å². The van der Waals surface area contributed by atoms with Gasteiger partial charge in [-0.3, -0.25) is 9.48 Å². The summed E-state index contributed by atoms with van der Waals surface area (Å²) in [6, 6.07) is 6.59. The minimum absolute atomic E-state index is 0.0941. The van der Waals surface area contributed by atoms with Gasteiger partial charge in [0.15, 0.2) is 5.82 Å². The van der Waals surface area contributed by atoms with Crippen LogP contribution in [0.3, 0.4) is 0 Å². The molecule has 1 aromatic heterocycles. The first-order chi connectivity index (χ1) is 15.0. The van der Waals surface area contributed by atoms with Crippen LogP contribution in [-0.2, 0) is 28.9 Å². The molecule has 1 fully saturated rings. The standard InChI is InChI=1S/C23H26BrN5O2/c1-14-7-16-8-20(24)17(10-25)9-22(16)28(11-14)23-19-12-27(15(2)30)5-3-21(19)29(26-23)18-4-6-31-13-18/h8-9,14,18H,3-7,11-13H2,1-2H3. The number of fused-ring (bicyclic) bond motifs is 2. The maximum Gasteiger partial charge on any atom is 0.219 e. The fraction of sp³-hybridized carbons (Fsp3) is 0.522. The van der Waals surface area contributed by atoms with Gasteiger partial charge in [0.2, 0.25) is 5.91 Å². The number of ether oxygens (including phenoxy) is 1. The summed E-state index contributed by atoms with van der Waals surface area (Å²) >= 11 is 3.55. The van der Waals surface area contributed by atoms with Gasteiger partial charge >= 0.3 is 0 Å². The summed E-state index contributed by atoms with van der Waals surface area (Å²) in [5.41, 5.74) is 5.25. The molecule has 7 nitrogen and oxygen atoms in total. The zero-order chi connectivity index (χ0) is 21.7. The fourth-order valence-electron chi connectivity index (χ4n) is 5.08. The number of nitrogens with zero attached hydrogens (tertiary/aromatic N) is 5. The molecule has 0 aliphatic carbocycles. The van der Waals surface area contributed by atoms with Gasteiger partial charge in [-0.25, -0.2) is 0 Å². The van der Waals surface area contributed by atoms with E-state index in [9.17, 15) is 10.1 Å². The van der Waals surface area contributed by atoms with Crippen LogP contribution in [0.25, 0.3) is 0 Å². The molecular weight excluding hydrogens is 458 g/mol. The lowest BCUT2D eigenvalue weighted by atomic mass is 9.92. The van der Waals surface area contributed by atoms with Crippen LogP contribution in [0.5, 0.6) is 0 Å². The van der Waals surface area contributed by atoms with E-state index in [1.807, 2.05) is 11.0 Å². The molecule has 4 heterocycles. The van der Waals surface area contributed by atoms with Gasteiger partial charge in [0, 0.05) is 54.5 Å². The Bertz CT molecular complexity index is 1080. The Labute approximate surface area is 190 Å². The van der Waals surface area contributed by atoms with Gasteiger partial charge in [-0.15, -0.1) is 0 Å². The first-order valence-corrected chi connectivity index (χ1v) is 11.7. The molecule has 2 atom stereocenters. The van der Waals surface area contributed by atoms with Crippen LogP contribution in [0, 0.1) is 17.2 Å². The third kappa shape index (κ3) is 3.54. The highest BCUT2D eigenvalue weighted by Crippen LogP contribution is 2.41. The monoisotopic (exact) mass is 483 g/mol. The number of carbonyl (C=O) groups is 1. The lowest BCUT2D eigenvalue weighted by Gasteiger charge is -2.35. The zero-order valence-corrected chi connectivity index (χ0v) is 19.5. The summed E-state index contributed by atoms with van der Waals surface area (Å²) in [5, 5.41) is 14.7. The maximum absolute atomic E-state index is 12.2. The zero-order valence-electron chi connectivity index (χ0n) is 17.9. The van der Waals surface area contributed by atoms with E-state index in [-0.39, 0.29) is 11.9 Å². The number of nitriles is 1. The molecule has 0 bridgehead atoms. The van der Waals surface area contributed by atoms with Crippen molar-refractivity contribution in [2.24, 2.45) is 5.92 Å². The summed E-state index contributed by atoms with van der Waals surface area (Å²) in [5.74, 6) is 1.47. The van der Waals surface area contributed by atoms with E-state index in [4.69, 9.17) is 9.84 Å². The number of halogens is 1. The summed E-state index contributed by atoms with van der Waals surface area (Å²) in [7, 11) is 0. The van der Waals surface area contributed by atoms with E-state index >= 15 is 0 Å². The van der Waals surface area contributed by atoms with Gasteiger partial charge in [0.1, 0.15) is 6.07 Å². The molecule has 31 heavy (non-hydrogen) atoms. The molecule has 0 N–H and O–H groups in total. The third-order valence-corrected chi connectivity index (χ3v) is 7.32. The highest BCUT2D eigenvalue weighted by molar-refractivity contribution is 9.10. The second-order valence-electron chi connectivity index (χ2n) is 8.89. The van der Waals surface area contributed by atoms with E-state index in [0.717, 1.165) is 60.5 Å². The van der Waals surface area contributed by atoms with Crippen LogP contribution in [0.2, 0.25) is 0 Å². The number of hydrogen-bond acceptors (Lipinski definition) is 5. The van der Waals surface area contributed by atoms with Gasteiger partial charge < -0.3 is 14.5 Å². The summed E-state index contributed by atoms with van der Waals surface area (Å²) < 4.78 is 8.65. The largest absolute Gasteiger partial charge is 0.379 e. The Hall–Kier alpha value is -2.37. The van der Waals surface area contributed by atoms with Gasteiger partial charge in [-0.2, -0.15) is 10.4 Å². The smallest absolute Gasteiger partial charge is 0.219 e. The van der Waals surface area contributed by atoms with Crippen molar-refractivity contribution in [2.75, 3.05) is 31.2 Å². The topological polar surface area (TPSA) is 74.4 Å². The summed E-state index contributed by atoms with van der Waals surface area (Å²) in [6.07, 6.45) is 2.73. The van der Waals surface area contributed by atoms with Crippen LogP contribution in [0.4, 0.5) is 11.5 Å². The van der Waals surface area contributed by atoms with E-state index in [0.29, 0.717) is 24.6 Å². The van der Waals surface area contributed by atoms with Crippen molar-refractivity contribution in [2.45, 2.75) is 45.7 Å². The lowest BCUT2D eigenvalue weighted by Crippen LogP contribution is -2.36. The van der Waals surface area contributed by atoms with Gasteiger partial charge in [-0.05, 0) is 52.4 Å². The second kappa shape index (κ2) is 7.95. The Morgan fingerprint density at radius 3 is 2.94 bits per heavy atom. The number of aromatic nitrogens is 2. The number of benzene rings is 1. The van der Waals surface area contributed by atoms with Crippen molar-refractivity contribution in [3.05, 3.63) is 39.0 Å². The summed E-state index contributed by atoms with van der Waals surface area (Å²) in [4.78, 5) is 16.3. The van der Waals surface area contributed by atoms with Crippen molar-refractivity contribution in [1.82, 2.24) is 14.7 Å². The number of anilines is 2. The number of amides is 1. The lowest BCUT2D eigenvalue weighted by molar-refractivity contribution is -0.129.